The molecule has 5 nitrogen and oxygen atoms in total. The molecule has 0 fully saturated rings. The van der Waals surface area contributed by atoms with Crippen LogP contribution in [0.2, 0.25) is 0 Å². The van der Waals surface area contributed by atoms with Crippen molar-refractivity contribution in [3.8, 4) is 5.75 Å². The summed E-state index contributed by atoms with van der Waals surface area (Å²) in [5, 5.41) is 4.29. The van der Waals surface area contributed by atoms with Gasteiger partial charge in [-0.05, 0) is 23.1 Å². The smallest absolute Gasteiger partial charge is 0.138 e. The third-order valence-electron chi connectivity index (χ3n) is 3.78. The highest BCUT2D eigenvalue weighted by Gasteiger charge is 2.17. The molecule has 1 aromatic heterocycles. The Hall–Kier alpha value is -1.88. The molecule has 1 unspecified atom stereocenters. The highest BCUT2D eigenvalue weighted by Crippen LogP contribution is 2.28. The van der Waals surface area contributed by atoms with Gasteiger partial charge in [-0.1, -0.05) is 26.0 Å². The Morgan fingerprint density at radius 3 is 3.05 bits per heavy atom. The Morgan fingerprint density at radius 1 is 1.38 bits per heavy atom. The first-order valence-electron chi connectivity index (χ1n) is 7.51. The second-order valence-corrected chi connectivity index (χ2v) is 6.03. The second-order valence-electron chi connectivity index (χ2n) is 6.03. The highest BCUT2D eigenvalue weighted by atomic mass is 16.5. The van der Waals surface area contributed by atoms with Crippen LogP contribution in [0.1, 0.15) is 36.8 Å². The summed E-state index contributed by atoms with van der Waals surface area (Å²) in [5.41, 5.74) is 8.75. The molecule has 0 aliphatic carbocycles. The van der Waals surface area contributed by atoms with E-state index in [9.17, 15) is 0 Å². The lowest BCUT2D eigenvalue weighted by molar-refractivity contribution is 0.357. The monoisotopic (exact) mass is 286 g/mol. The van der Waals surface area contributed by atoms with Gasteiger partial charge in [0.2, 0.25) is 0 Å². The van der Waals surface area contributed by atoms with Gasteiger partial charge in [0.1, 0.15) is 17.9 Å². The highest BCUT2D eigenvalue weighted by molar-refractivity contribution is 5.40. The molecule has 112 valence electrons. The van der Waals surface area contributed by atoms with Crippen molar-refractivity contribution in [3.05, 3.63) is 41.5 Å². The lowest BCUT2D eigenvalue weighted by Gasteiger charge is -2.14. The van der Waals surface area contributed by atoms with Crippen molar-refractivity contribution < 1.29 is 4.74 Å². The van der Waals surface area contributed by atoms with E-state index in [-0.39, 0.29) is 6.04 Å². The average molecular weight is 286 g/mol. The minimum absolute atomic E-state index is 0.0639. The van der Waals surface area contributed by atoms with Gasteiger partial charge in [0.15, 0.2) is 0 Å². The van der Waals surface area contributed by atoms with Crippen molar-refractivity contribution in [1.29, 1.82) is 0 Å². The SMILES string of the molecule is CC(C)Cn1ncnc1CC(N)c1ccc2c(c1)CCO2. The summed E-state index contributed by atoms with van der Waals surface area (Å²) in [6.45, 7) is 5.99. The molecule has 0 saturated carbocycles. The topological polar surface area (TPSA) is 66.0 Å². The van der Waals surface area contributed by atoms with Crippen LogP contribution in [0, 0.1) is 5.92 Å². The molecule has 1 aromatic carbocycles. The molecule has 0 radical (unpaired) electrons. The third kappa shape index (κ3) is 3.08. The molecule has 1 aliphatic heterocycles. The maximum atomic E-state index is 6.36. The number of nitrogens with two attached hydrogens (primary N) is 1. The minimum Gasteiger partial charge on any atom is -0.493 e. The Morgan fingerprint density at radius 2 is 2.24 bits per heavy atom. The summed E-state index contributed by atoms with van der Waals surface area (Å²) in [6.07, 6.45) is 3.28. The molecule has 5 heteroatoms. The number of benzene rings is 1. The Labute approximate surface area is 125 Å². The lowest BCUT2D eigenvalue weighted by atomic mass is 10.0. The van der Waals surface area contributed by atoms with Gasteiger partial charge >= 0.3 is 0 Å². The van der Waals surface area contributed by atoms with Crippen LogP contribution in [0.5, 0.6) is 5.75 Å². The van der Waals surface area contributed by atoms with Gasteiger partial charge in [0.05, 0.1) is 6.61 Å². The number of fused-ring (bicyclic) bond motifs is 1. The summed E-state index contributed by atoms with van der Waals surface area (Å²) in [4.78, 5) is 4.35. The van der Waals surface area contributed by atoms with Crippen LogP contribution in [-0.4, -0.2) is 21.4 Å². The van der Waals surface area contributed by atoms with Crippen LogP contribution < -0.4 is 10.5 Å². The van der Waals surface area contributed by atoms with Crippen molar-refractivity contribution in [3.63, 3.8) is 0 Å². The number of hydrogen-bond acceptors (Lipinski definition) is 4. The fraction of sp³-hybridized carbons (Fsp3) is 0.500. The van der Waals surface area contributed by atoms with E-state index in [0.29, 0.717) is 12.3 Å². The maximum absolute atomic E-state index is 6.36. The average Bonchev–Trinajstić information content (AvgIpc) is 3.06. The number of rotatable bonds is 5. The number of aromatic nitrogens is 3. The van der Waals surface area contributed by atoms with Crippen LogP contribution in [-0.2, 0) is 19.4 Å². The molecule has 0 spiro atoms. The Balaban J connectivity index is 1.74. The molecule has 0 amide bonds. The fourth-order valence-corrected chi connectivity index (χ4v) is 2.70. The molecular formula is C16H22N4O. The van der Waals surface area contributed by atoms with E-state index in [4.69, 9.17) is 10.5 Å². The van der Waals surface area contributed by atoms with E-state index >= 15 is 0 Å². The molecule has 1 aliphatic rings. The number of ether oxygens (including phenoxy) is 1. The number of hydrogen-bond donors (Lipinski definition) is 1. The van der Waals surface area contributed by atoms with E-state index in [2.05, 4.69) is 36.1 Å². The minimum atomic E-state index is -0.0639. The maximum Gasteiger partial charge on any atom is 0.138 e. The van der Waals surface area contributed by atoms with Crippen LogP contribution in [0.25, 0.3) is 0 Å². The first-order valence-corrected chi connectivity index (χ1v) is 7.51. The van der Waals surface area contributed by atoms with Crippen molar-refractivity contribution in [2.75, 3.05) is 6.61 Å². The predicted molar refractivity (Wildman–Crippen MR) is 81.1 cm³/mol. The van der Waals surface area contributed by atoms with E-state index in [1.807, 2.05) is 10.7 Å². The van der Waals surface area contributed by atoms with Crippen molar-refractivity contribution in [2.45, 2.75) is 39.3 Å². The van der Waals surface area contributed by atoms with Gasteiger partial charge in [-0.15, -0.1) is 0 Å². The van der Waals surface area contributed by atoms with Crippen LogP contribution in [0.4, 0.5) is 0 Å². The predicted octanol–water partition coefficient (Wildman–Crippen LogP) is 2.11. The molecular weight excluding hydrogens is 264 g/mol. The van der Waals surface area contributed by atoms with Gasteiger partial charge in [0.25, 0.3) is 0 Å². The quantitative estimate of drug-likeness (QED) is 0.914. The van der Waals surface area contributed by atoms with Gasteiger partial charge in [-0.25, -0.2) is 9.67 Å². The Kier molecular flexibility index (Phi) is 3.92. The van der Waals surface area contributed by atoms with E-state index in [0.717, 1.165) is 36.7 Å². The van der Waals surface area contributed by atoms with E-state index in [1.165, 1.54) is 5.56 Å². The normalized spacial score (nSPS) is 15.0. The standard InChI is InChI=1S/C16H22N4O/c1-11(2)9-20-16(18-10-19-20)8-14(17)12-3-4-15-13(7-12)5-6-21-15/h3-4,7,10-11,14H,5-6,8-9,17H2,1-2H3. The molecule has 0 saturated heterocycles. The van der Waals surface area contributed by atoms with Crippen molar-refractivity contribution >= 4 is 0 Å². The first kappa shape index (κ1) is 14.1. The van der Waals surface area contributed by atoms with Crippen LogP contribution in [0.3, 0.4) is 0 Å². The van der Waals surface area contributed by atoms with Crippen LogP contribution in [0.15, 0.2) is 24.5 Å². The zero-order valence-electron chi connectivity index (χ0n) is 12.6. The molecule has 0 bridgehead atoms. The molecule has 2 N–H and O–H groups in total. The summed E-state index contributed by atoms with van der Waals surface area (Å²) in [7, 11) is 0. The van der Waals surface area contributed by atoms with Crippen molar-refractivity contribution in [2.24, 2.45) is 11.7 Å². The van der Waals surface area contributed by atoms with Crippen molar-refractivity contribution in [1.82, 2.24) is 14.8 Å². The molecule has 2 heterocycles. The molecule has 1 atom stereocenters. The largest absolute Gasteiger partial charge is 0.493 e. The molecule has 2 aromatic rings. The summed E-state index contributed by atoms with van der Waals surface area (Å²) in [5.74, 6) is 2.49. The van der Waals surface area contributed by atoms with Gasteiger partial charge in [0, 0.05) is 25.4 Å². The number of nitrogens with zero attached hydrogens (tertiary/aromatic N) is 3. The molecule has 3 rings (SSSR count). The summed E-state index contributed by atoms with van der Waals surface area (Å²) < 4.78 is 7.49. The van der Waals surface area contributed by atoms with E-state index in [1.54, 1.807) is 6.33 Å². The summed E-state index contributed by atoms with van der Waals surface area (Å²) in [6, 6.07) is 6.18. The summed E-state index contributed by atoms with van der Waals surface area (Å²) >= 11 is 0. The second kappa shape index (κ2) is 5.85. The zero-order valence-corrected chi connectivity index (χ0v) is 12.6. The van der Waals surface area contributed by atoms with Gasteiger partial charge < -0.3 is 10.5 Å². The fourth-order valence-electron chi connectivity index (χ4n) is 2.70. The van der Waals surface area contributed by atoms with Crippen LogP contribution >= 0.6 is 0 Å². The Bertz CT molecular complexity index is 620. The lowest BCUT2D eigenvalue weighted by Crippen LogP contribution is -2.18. The van der Waals surface area contributed by atoms with Gasteiger partial charge in [-0.3, -0.25) is 0 Å². The zero-order chi connectivity index (χ0) is 14.8. The first-order chi connectivity index (χ1) is 10.1. The van der Waals surface area contributed by atoms with E-state index < -0.39 is 0 Å². The van der Waals surface area contributed by atoms with Gasteiger partial charge in [-0.2, -0.15) is 5.10 Å². The third-order valence-corrected chi connectivity index (χ3v) is 3.78. The molecule has 21 heavy (non-hydrogen) atoms.